The Kier molecular flexibility index (Phi) is 4.83. The summed E-state index contributed by atoms with van der Waals surface area (Å²) < 4.78 is 2.62. The van der Waals surface area contributed by atoms with E-state index < -0.39 is 0 Å². The van der Waals surface area contributed by atoms with Crippen molar-refractivity contribution in [1.29, 1.82) is 5.41 Å². The summed E-state index contributed by atoms with van der Waals surface area (Å²) in [7, 11) is 0. The molecule has 2 aromatic heterocycles. The van der Waals surface area contributed by atoms with Crippen LogP contribution in [0.5, 0.6) is 0 Å². The minimum atomic E-state index is 0.674. The molecule has 0 aliphatic heterocycles. The molecule has 5 nitrogen and oxygen atoms in total. The number of nitrogens with one attached hydrogen (secondary N) is 2. The van der Waals surface area contributed by atoms with Crippen LogP contribution in [0.4, 0.5) is 5.69 Å². The SMILES string of the molecule is N=Cc1ccnc(Br)c1NCc1ccc(Cn2cccn2)cc1. The smallest absolute Gasteiger partial charge is 0.129 e. The van der Waals surface area contributed by atoms with E-state index in [4.69, 9.17) is 5.41 Å². The monoisotopic (exact) mass is 369 g/mol. The van der Waals surface area contributed by atoms with Crippen molar-refractivity contribution in [3.8, 4) is 0 Å². The molecule has 3 rings (SSSR count). The lowest BCUT2D eigenvalue weighted by Gasteiger charge is -2.11. The molecule has 0 atom stereocenters. The van der Waals surface area contributed by atoms with Crippen molar-refractivity contribution in [2.24, 2.45) is 0 Å². The van der Waals surface area contributed by atoms with Crippen LogP contribution in [0, 0.1) is 5.41 Å². The molecule has 0 spiro atoms. The Labute approximate surface area is 143 Å². The Morgan fingerprint density at radius 3 is 2.61 bits per heavy atom. The Morgan fingerprint density at radius 1 is 1.13 bits per heavy atom. The lowest BCUT2D eigenvalue weighted by Crippen LogP contribution is -2.04. The maximum atomic E-state index is 7.46. The van der Waals surface area contributed by atoms with Gasteiger partial charge >= 0.3 is 0 Å². The molecule has 0 unspecified atom stereocenters. The summed E-state index contributed by atoms with van der Waals surface area (Å²) in [6.07, 6.45) is 6.74. The summed E-state index contributed by atoms with van der Waals surface area (Å²) in [6, 6.07) is 12.1. The van der Waals surface area contributed by atoms with Crippen molar-refractivity contribution < 1.29 is 0 Å². The van der Waals surface area contributed by atoms with Gasteiger partial charge in [0.05, 0.1) is 12.2 Å². The Bertz CT molecular complexity index is 781. The maximum Gasteiger partial charge on any atom is 0.129 e. The zero-order chi connectivity index (χ0) is 16.1. The second-order valence-corrected chi connectivity index (χ2v) is 5.84. The van der Waals surface area contributed by atoms with E-state index in [1.54, 1.807) is 12.4 Å². The van der Waals surface area contributed by atoms with Crippen molar-refractivity contribution in [2.75, 3.05) is 5.32 Å². The average Bonchev–Trinajstić information content (AvgIpc) is 3.08. The van der Waals surface area contributed by atoms with Gasteiger partial charge in [0.2, 0.25) is 0 Å². The van der Waals surface area contributed by atoms with E-state index in [0.29, 0.717) is 11.1 Å². The number of pyridine rings is 1. The van der Waals surface area contributed by atoms with E-state index >= 15 is 0 Å². The highest BCUT2D eigenvalue weighted by Gasteiger charge is 2.06. The quantitative estimate of drug-likeness (QED) is 0.514. The van der Waals surface area contributed by atoms with Gasteiger partial charge in [0.1, 0.15) is 4.60 Å². The van der Waals surface area contributed by atoms with E-state index in [1.165, 1.54) is 17.3 Å². The third-order valence-electron chi connectivity index (χ3n) is 3.49. The molecule has 0 bridgehead atoms. The molecule has 2 heterocycles. The first-order valence-corrected chi connectivity index (χ1v) is 7.99. The van der Waals surface area contributed by atoms with Crippen LogP contribution >= 0.6 is 15.9 Å². The maximum absolute atomic E-state index is 7.46. The minimum Gasteiger partial charge on any atom is -0.378 e. The largest absolute Gasteiger partial charge is 0.378 e. The second kappa shape index (κ2) is 7.19. The molecule has 0 saturated heterocycles. The van der Waals surface area contributed by atoms with E-state index in [2.05, 4.69) is 55.6 Å². The van der Waals surface area contributed by atoms with Crippen LogP contribution < -0.4 is 5.32 Å². The summed E-state index contributed by atoms with van der Waals surface area (Å²) in [5, 5.41) is 15.0. The number of nitrogens with zero attached hydrogens (tertiary/aromatic N) is 3. The average molecular weight is 370 g/mol. The lowest BCUT2D eigenvalue weighted by molar-refractivity contribution is 0.686. The normalized spacial score (nSPS) is 10.5. The van der Waals surface area contributed by atoms with Crippen molar-refractivity contribution in [1.82, 2.24) is 14.8 Å². The van der Waals surface area contributed by atoms with Gasteiger partial charge in [-0.1, -0.05) is 24.3 Å². The fourth-order valence-electron chi connectivity index (χ4n) is 2.28. The molecular formula is C17H16BrN5. The summed E-state index contributed by atoms with van der Waals surface area (Å²) >= 11 is 3.42. The van der Waals surface area contributed by atoms with Gasteiger partial charge in [0.15, 0.2) is 0 Å². The lowest BCUT2D eigenvalue weighted by atomic mass is 10.1. The van der Waals surface area contributed by atoms with Gasteiger partial charge in [-0.25, -0.2) is 4.98 Å². The van der Waals surface area contributed by atoms with E-state index in [0.717, 1.165) is 17.8 Å². The van der Waals surface area contributed by atoms with Gasteiger partial charge in [0.25, 0.3) is 0 Å². The van der Waals surface area contributed by atoms with Crippen LogP contribution in [0.1, 0.15) is 16.7 Å². The second-order valence-electron chi connectivity index (χ2n) is 5.08. The molecule has 6 heteroatoms. The minimum absolute atomic E-state index is 0.674. The highest BCUT2D eigenvalue weighted by atomic mass is 79.9. The summed E-state index contributed by atoms with van der Waals surface area (Å²) in [5.41, 5.74) is 4.02. The molecular weight excluding hydrogens is 354 g/mol. The van der Waals surface area contributed by atoms with Gasteiger partial charge in [-0.3, -0.25) is 4.68 Å². The molecule has 2 N–H and O–H groups in total. The van der Waals surface area contributed by atoms with Crippen molar-refractivity contribution >= 4 is 27.8 Å². The molecule has 0 radical (unpaired) electrons. The first kappa shape index (κ1) is 15.4. The van der Waals surface area contributed by atoms with Crippen molar-refractivity contribution in [2.45, 2.75) is 13.1 Å². The Balaban J connectivity index is 1.66. The van der Waals surface area contributed by atoms with Gasteiger partial charge < -0.3 is 10.7 Å². The molecule has 23 heavy (non-hydrogen) atoms. The topological polar surface area (TPSA) is 66.6 Å². The zero-order valence-electron chi connectivity index (χ0n) is 12.4. The first-order valence-electron chi connectivity index (χ1n) is 7.20. The molecule has 116 valence electrons. The third-order valence-corrected chi connectivity index (χ3v) is 4.09. The summed E-state index contributed by atoms with van der Waals surface area (Å²) in [6.45, 7) is 1.44. The molecule has 0 amide bonds. The van der Waals surface area contributed by atoms with Crippen LogP contribution in [0.2, 0.25) is 0 Å². The van der Waals surface area contributed by atoms with E-state index in [9.17, 15) is 0 Å². The predicted octanol–water partition coefficient (Wildman–Crippen LogP) is 3.70. The van der Waals surface area contributed by atoms with E-state index in [-0.39, 0.29) is 0 Å². The van der Waals surface area contributed by atoms with Crippen molar-refractivity contribution in [3.05, 3.63) is 76.3 Å². The number of hydrogen-bond donors (Lipinski definition) is 2. The van der Waals surface area contributed by atoms with Crippen LogP contribution in [0.25, 0.3) is 0 Å². The molecule has 0 aliphatic rings. The fraction of sp³-hybridized carbons (Fsp3) is 0.118. The van der Waals surface area contributed by atoms with Gasteiger partial charge in [-0.15, -0.1) is 0 Å². The van der Waals surface area contributed by atoms with Gasteiger partial charge in [0, 0.05) is 36.9 Å². The number of hydrogen-bond acceptors (Lipinski definition) is 4. The molecule has 0 saturated carbocycles. The Morgan fingerprint density at radius 2 is 1.91 bits per heavy atom. The van der Waals surface area contributed by atoms with Crippen molar-refractivity contribution in [3.63, 3.8) is 0 Å². The summed E-state index contributed by atoms with van der Waals surface area (Å²) in [4.78, 5) is 4.20. The van der Waals surface area contributed by atoms with Gasteiger partial charge in [-0.05, 0) is 39.2 Å². The number of benzene rings is 1. The Hall–Kier alpha value is -2.47. The van der Waals surface area contributed by atoms with Crippen LogP contribution in [-0.4, -0.2) is 21.0 Å². The predicted molar refractivity (Wildman–Crippen MR) is 94.9 cm³/mol. The summed E-state index contributed by atoms with van der Waals surface area (Å²) in [5.74, 6) is 0. The highest BCUT2D eigenvalue weighted by molar-refractivity contribution is 9.10. The number of halogens is 1. The van der Waals surface area contributed by atoms with Crippen LogP contribution in [-0.2, 0) is 13.1 Å². The molecule has 0 aliphatic carbocycles. The fourth-order valence-corrected chi connectivity index (χ4v) is 2.77. The standard InChI is InChI=1S/C17H16BrN5/c18-17-16(15(10-19)6-8-20-17)21-11-13-2-4-14(5-3-13)12-23-9-1-7-22-23/h1-10,19,21H,11-12H2. The van der Waals surface area contributed by atoms with Crippen LogP contribution in [0.3, 0.4) is 0 Å². The van der Waals surface area contributed by atoms with Gasteiger partial charge in [-0.2, -0.15) is 5.10 Å². The highest BCUT2D eigenvalue weighted by Crippen LogP contribution is 2.23. The number of rotatable bonds is 6. The third kappa shape index (κ3) is 3.84. The molecule has 3 aromatic rings. The zero-order valence-corrected chi connectivity index (χ0v) is 14.0. The van der Waals surface area contributed by atoms with E-state index in [1.807, 2.05) is 23.0 Å². The van der Waals surface area contributed by atoms with Crippen LogP contribution in [0.15, 0.2) is 59.6 Å². The number of anilines is 1. The molecule has 1 aromatic carbocycles. The molecule has 0 fully saturated rings. The number of aromatic nitrogens is 3. The first-order chi connectivity index (χ1) is 11.3.